The van der Waals surface area contributed by atoms with Crippen molar-refractivity contribution in [1.29, 1.82) is 0 Å². The van der Waals surface area contributed by atoms with Crippen LogP contribution in [0.15, 0.2) is 18.2 Å². The monoisotopic (exact) mass is 486 g/mol. The van der Waals surface area contributed by atoms with Gasteiger partial charge in [0.2, 0.25) is 0 Å². The molecule has 1 aliphatic rings. The molecule has 0 saturated carbocycles. The van der Waals surface area contributed by atoms with E-state index in [2.05, 4.69) is 33.9 Å². The molecule has 0 radical (unpaired) electrons. The number of carbonyl (C=O) groups excluding carboxylic acids is 2. The number of hydrogen-bond acceptors (Lipinski definition) is 4. The third-order valence-corrected chi connectivity index (χ3v) is 10.9. The number of halogens is 2. The van der Waals surface area contributed by atoms with E-state index in [4.69, 9.17) is 20.8 Å². The second-order valence-electron chi connectivity index (χ2n) is 10.8. The third kappa shape index (κ3) is 6.02. The van der Waals surface area contributed by atoms with Gasteiger partial charge >= 0.3 is 6.09 Å². The van der Waals surface area contributed by atoms with Crippen molar-refractivity contribution in [2.24, 2.45) is 0 Å². The molecule has 6 nitrogen and oxygen atoms in total. The van der Waals surface area contributed by atoms with E-state index in [0.717, 1.165) is 0 Å². The molecular weight excluding hydrogens is 451 g/mol. The first-order chi connectivity index (χ1) is 14.4. The maximum atomic E-state index is 13.6. The molecule has 180 valence electrons. The lowest BCUT2D eigenvalue weighted by atomic mass is 10.1. The van der Waals surface area contributed by atoms with Crippen molar-refractivity contribution in [3.63, 3.8) is 0 Å². The second-order valence-corrected chi connectivity index (χ2v) is 16.0. The summed E-state index contributed by atoms with van der Waals surface area (Å²) in [5.41, 5.74) is -0.261. The standard InChI is InChI=1S/C23H36ClFN2O4Si/c1-22(2,3)30-21(29)27-13-12-18(31-32(8,9)23(4,5)6)19(27)20(28)26(7)15-10-11-17(25)16(24)14-15/h10-11,14,18-19H,12-13H2,1-9H3/t18-,19+/m1/s1. The summed E-state index contributed by atoms with van der Waals surface area (Å²) in [5.74, 6) is -0.897. The third-order valence-electron chi connectivity index (χ3n) is 6.10. The molecule has 1 aromatic rings. The number of benzene rings is 1. The van der Waals surface area contributed by atoms with Crippen LogP contribution in [-0.2, 0) is 14.0 Å². The second kappa shape index (κ2) is 9.31. The Kier molecular flexibility index (Phi) is 7.74. The van der Waals surface area contributed by atoms with E-state index in [0.29, 0.717) is 18.7 Å². The molecule has 0 spiro atoms. The highest BCUT2D eigenvalue weighted by Gasteiger charge is 2.49. The molecule has 0 N–H and O–H groups in total. The number of rotatable bonds is 4. The highest BCUT2D eigenvalue weighted by Crippen LogP contribution is 2.40. The smallest absolute Gasteiger partial charge is 0.411 e. The van der Waals surface area contributed by atoms with Crippen LogP contribution < -0.4 is 4.90 Å². The van der Waals surface area contributed by atoms with Crippen LogP contribution in [-0.4, -0.2) is 56.6 Å². The minimum atomic E-state index is -2.22. The fourth-order valence-corrected chi connectivity index (χ4v) is 4.81. The lowest BCUT2D eigenvalue weighted by Gasteiger charge is -2.40. The minimum Gasteiger partial charge on any atom is -0.444 e. The number of nitrogens with zero attached hydrogens (tertiary/aromatic N) is 2. The summed E-state index contributed by atoms with van der Waals surface area (Å²) in [4.78, 5) is 29.4. The van der Waals surface area contributed by atoms with E-state index >= 15 is 0 Å². The summed E-state index contributed by atoms with van der Waals surface area (Å²) in [7, 11) is -0.635. The fraction of sp³-hybridized carbons (Fsp3) is 0.652. The Morgan fingerprint density at radius 3 is 2.28 bits per heavy atom. The average Bonchev–Trinajstić information content (AvgIpc) is 3.03. The van der Waals surface area contributed by atoms with Crippen LogP contribution in [0.25, 0.3) is 0 Å². The molecule has 2 atom stereocenters. The average molecular weight is 487 g/mol. The van der Waals surface area contributed by atoms with Gasteiger partial charge in [-0.25, -0.2) is 9.18 Å². The number of likely N-dealkylation sites (tertiary alicyclic amines) is 1. The van der Waals surface area contributed by atoms with Crippen LogP contribution in [0.2, 0.25) is 23.2 Å². The maximum absolute atomic E-state index is 13.6. The normalized spacial score (nSPS) is 19.8. The molecule has 0 unspecified atom stereocenters. The van der Waals surface area contributed by atoms with Gasteiger partial charge in [0.15, 0.2) is 8.32 Å². The molecule has 32 heavy (non-hydrogen) atoms. The Morgan fingerprint density at radius 2 is 1.78 bits per heavy atom. The van der Waals surface area contributed by atoms with Gasteiger partial charge < -0.3 is 14.1 Å². The highest BCUT2D eigenvalue weighted by molar-refractivity contribution is 6.74. The Bertz CT molecular complexity index is 867. The maximum Gasteiger partial charge on any atom is 0.411 e. The van der Waals surface area contributed by atoms with Crippen molar-refractivity contribution in [3.8, 4) is 0 Å². The molecule has 2 amide bonds. The molecule has 0 aromatic heterocycles. The summed E-state index contributed by atoms with van der Waals surface area (Å²) in [6.07, 6.45) is -0.489. The highest BCUT2D eigenvalue weighted by atomic mass is 35.5. The van der Waals surface area contributed by atoms with Gasteiger partial charge in [-0.15, -0.1) is 0 Å². The first-order valence-electron chi connectivity index (χ1n) is 10.8. The first kappa shape index (κ1) is 26.6. The minimum absolute atomic E-state index is 0.0592. The number of likely N-dealkylation sites (N-methyl/N-ethyl adjacent to an activating group) is 1. The van der Waals surface area contributed by atoms with Crippen molar-refractivity contribution in [3.05, 3.63) is 29.0 Å². The lowest BCUT2D eigenvalue weighted by Crippen LogP contribution is -2.55. The van der Waals surface area contributed by atoms with Gasteiger partial charge in [0.1, 0.15) is 17.5 Å². The Hall–Kier alpha value is -1.64. The molecule has 1 fully saturated rings. The van der Waals surface area contributed by atoms with Gasteiger partial charge in [-0.05, 0) is 63.5 Å². The summed E-state index contributed by atoms with van der Waals surface area (Å²) < 4.78 is 25.8. The number of amides is 2. The summed E-state index contributed by atoms with van der Waals surface area (Å²) in [6.45, 7) is 16.3. The van der Waals surface area contributed by atoms with E-state index < -0.39 is 38.0 Å². The van der Waals surface area contributed by atoms with Crippen LogP contribution >= 0.6 is 11.6 Å². The number of ether oxygens (including phenoxy) is 1. The molecule has 0 aliphatic carbocycles. The Balaban J connectivity index is 2.40. The van der Waals surface area contributed by atoms with E-state index in [9.17, 15) is 14.0 Å². The molecule has 1 heterocycles. The van der Waals surface area contributed by atoms with Crippen LogP contribution in [0.4, 0.5) is 14.9 Å². The van der Waals surface area contributed by atoms with Crippen LogP contribution in [0, 0.1) is 5.82 Å². The zero-order chi connectivity index (χ0) is 24.6. The van der Waals surface area contributed by atoms with Crippen molar-refractivity contribution >= 4 is 37.6 Å². The number of anilines is 1. The predicted octanol–water partition coefficient (Wildman–Crippen LogP) is 5.84. The van der Waals surface area contributed by atoms with Gasteiger partial charge in [0.05, 0.1) is 11.1 Å². The van der Waals surface area contributed by atoms with Crippen LogP contribution in [0.1, 0.15) is 48.0 Å². The number of hydrogen-bond donors (Lipinski definition) is 0. The topological polar surface area (TPSA) is 59.1 Å². The summed E-state index contributed by atoms with van der Waals surface area (Å²) in [6, 6.07) is 3.24. The molecule has 1 aromatic carbocycles. The quantitative estimate of drug-likeness (QED) is 0.501. The Morgan fingerprint density at radius 1 is 1.19 bits per heavy atom. The lowest BCUT2D eigenvalue weighted by molar-refractivity contribution is -0.124. The van der Waals surface area contributed by atoms with Crippen LogP contribution in [0.5, 0.6) is 0 Å². The van der Waals surface area contributed by atoms with Crippen molar-refractivity contribution in [2.75, 3.05) is 18.5 Å². The first-order valence-corrected chi connectivity index (χ1v) is 14.1. The summed E-state index contributed by atoms with van der Waals surface area (Å²) >= 11 is 5.92. The van der Waals surface area contributed by atoms with Gasteiger partial charge in [-0.3, -0.25) is 9.69 Å². The van der Waals surface area contributed by atoms with Crippen molar-refractivity contribution in [1.82, 2.24) is 4.90 Å². The zero-order valence-corrected chi connectivity index (χ0v) is 22.3. The molecule has 9 heteroatoms. The van der Waals surface area contributed by atoms with Crippen molar-refractivity contribution < 1.29 is 23.1 Å². The molecule has 1 aliphatic heterocycles. The fourth-order valence-electron chi connectivity index (χ4n) is 3.28. The van der Waals surface area contributed by atoms with Gasteiger partial charge in [0.25, 0.3) is 5.91 Å². The van der Waals surface area contributed by atoms with Crippen molar-refractivity contribution in [2.45, 2.75) is 83.8 Å². The molecule has 1 saturated heterocycles. The van der Waals surface area contributed by atoms with Gasteiger partial charge in [-0.2, -0.15) is 0 Å². The van der Waals surface area contributed by atoms with E-state index in [1.807, 2.05) is 0 Å². The van der Waals surface area contributed by atoms with E-state index in [1.54, 1.807) is 27.8 Å². The molecule has 0 bridgehead atoms. The van der Waals surface area contributed by atoms with E-state index in [1.165, 1.54) is 28.0 Å². The molecular formula is C23H36ClFN2O4Si. The predicted molar refractivity (Wildman–Crippen MR) is 128 cm³/mol. The number of carbonyl (C=O) groups is 2. The Labute approximate surface area is 197 Å². The van der Waals surface area contributed by atoms with Gasteiger partial charge in [0, 0.05) is 19.3 Å². The summed E-state index contributed by atoms with van der Waals surface area (Å²) in [5, 5.41) is -0.136. The largest absolute Gasteiger partial charge is 0.444 e. The SMILES string of the molecule is CN(C(=O)[C@@H]1[C@H](O[Si](C)(C)C(C)(C)C)CCN1C(=O)OC(C)(C)C)c1ccc(F)c(Cl)c1. The van der Waals surface area contributed by atoms with E-state index in [-0.39, 0.29) is 16.0 Å². The molecule has 2 rings (SSSR count). The van der Waals surface area contributed by atoms with Gasteiger partial charge in [-0.1, -0.05) is 32.4 Å². The zero-order valence-electron chi connectivity index (χ0n) is 20.6. The van der Waals surface area contributed by atoms with Crippen LogP contribution in [0.3, 0.4) is 0 Å².